The standard InChI is InChI=1S/C22H25N7.C20H21N7.C19H19N7.C18H18N8/c1-13(2)29-14(3)19(12-24-29)26-22-27-20-17(10-11-23-20)21(28-22)25-18-9-8-15-6-4-5-7-16(15)18;1-12-11-17(27(2)26-12)23-20-24-18-15(9-10-21-18)19(25-20)22-16-8-7-13-5-3-4-6-14(13)16;1-11-10-16(26-25-11)22-19-23-17-14(8-9-20-17)18(24-19)21-15-7-6-12-4-2-3-5-13(12)15;1-26-10-15(24-25-26)21-18-22-16-13(8-9-19-16)17(23-18)20-14-7-6-11-4-2-3-5-12(11)14/h4-7,10-13,18H,8-9H2,1-3H3,(H3,23,25,26,27,28);3-6,9-11,16H,7-8H2,1-2H3,(H3,21,22,23,24,25);2-5,8-10,15H,6-7H2,1H3,(H4,20,21,22,23,24,25,26);2-5,8-10,14H,6-7H2,1H3,(H3,19,20,21,22,23)/t18-;16-;15-;14-/m0000/s1. The Balaban J connectivity index is 0.000000106. The fraction of sp³-hybridized carbons (Fsp3) is 0.253. The third-order valence-electron chi connectivity index (χ3n) is 20.2. The summed E-state index contributed by atoms with van der Waals surface area (Å²) < 4.78 is 5.41. The summed E-state index contributed by atoms with van der Waals surface area (Å²) in [6, 6.07) is 47.7. The number of anilines is 12. The second kappa shape index (κ2) is 29.2. The summed E-state index contributed by atoms with van der Waals surface area (Å²) >= 11 is 0. The van der Waals surface area contributed by atoms with Crippen molar-refractivity contribution in [3.05, 3.63) is 232 Å². The normalized spacial score (nSPS) is 15.9. The van der Waals surface area contributed by atoms with Crippen molar-refractivity contribution < 1.29 is 0 Å². The Morgan fingerprint density at radius 3 is 1.19 bits per heavy atom. The van der Waals surface area contributed by atoms with Gasteiger partial charge in [0.05, 0.1) is 75.2 Å². The van der Waals surface area contributed by atoms with E-state index < -0.39 is 0 Å². The summed E-state index contributed by atoms with van der Waals surface area (Å²) in [7, 11) is 3.72. The number of nitrogens with zero attached hydrogens (tertiary/aromatic N) is 16. The smallest absolute Gasteiger partial charge is 0.232 e. The number of H-pyrrole nitrogens is 5. The highest BCUT2D eigenvalue weighted by Crippen LogP contribution is 2.40. The zero-order chi connectivity index (χ0) is 73.4. The molecule has 0 bridgehead atoms. The molecular weight excluding hydrogens is 1360 g/mol. The fourth-order valence-corrected chi connectivity index (χ4v) is 15.1. The maximum Gasteiger partial charge on any atom is 0.232 e. The first kappa shape index (κ1) is 67.7. The number of aromatic nitrogens is 21. The Labute approximate surface area is 620 Å². The zero-order valence-electron chi connectivity index (χ0n) is 60.9. The van der Waals surface area contributed by atoms with E-state index in [1.54, 1.807) is 15.6 Å². The molecular formula is C79H83N29. The van der Waals surface area contributed by atoms with Gasteiger partial charge < -0.3 is 62.5 Å². The van der Waals surface area contributed by atoms with E-state index in [9.17, 15) is 0 Å². The number of benzene rings is 4. The van der Waals surface area contributed by atoms with Crippen LogP contribution >= 0.6 is 0 Å². The summed E-state index contributed by atoms with van der Waals surface area (Å²) in [5.41, 5.74) is 18.2. The molecule has 0 unspecified atom stereocenters. The fourth-order valence-electron chi connectivity index (χ4n) is 15.1. The van der Waals surface area contributed by atoms with Crippen molar-refractivity contribution in [2.75, 3.05) is 42.5 Å². The van der Waals surface area contributed by atoms with Gasteiger partial charge in [-0.3, -0.25) is 19.1 Å². The van der Waals surface area contributed by atoms with E-state index in [0.29, 0.717) is 41.5 Å². The van der Waals surface area contributed by atoms with Crippen LogP contribution in [0.25, 0.3) is 44.1 Å². The second-order valence-corrected chi connectivity index (χ2v) is 28.0. The molecule has 29 heteroatoms. The largest absolute Gasteiger partial charge is 0.363 e. The molecule has 0 saturated carbocycles. The molecule has 0 aliphatic heterocycles. The number of nitrogens with one attached hydrogen (secondary N) is 13. The lowest BCUT2D eigenvalue weighted by molar-refractivity contribution is 0.519. The second-order valence-electron chi connectivity index (χ2n) is 28.0. The summed E-state index contributed by atoms with van der Waals surface area (Å²) in [5, 5.41) is 55.3. The van der Waals surface area contributed by atoms with Gasteiger partial charge in [0.25, 0.3) is 0 Å². The highest BCUT2D eigenvalue weighted by molar-refractivity contribution is 5.91. The predicted molar refractivity (Wildman–Crippen MR) is 423 cm³/mol. The van der Waals surface area contributed by atoms with Crippen LogP contribution in [0.5, 0.6) is 0 Å². The minimum absolute atomic E-state index is 0.253. The number of aryl methyl sites for hydroxylation is 8. The lowest BCUT2D eigenvalue weighted by Crippen LogP contribution is -2.11. The van der Waals surface area contributed by atoms with Crippen molar-refractivity contribution in [3.8, 4) is 0 Å². The molecule has 4 atom stereocenters. The first-order valence-electron chi connectivity index (χ1n) is 36.6. The molecule has 12 aromatic heterocycles. The van der Waals surface area contributed by atoms with Crippen molar-refractivity contribution in [2.45, 2.75) is 116 Å². The highest BCUT2D eigenvalue weighted by Gasteiger charge is 2.29. The van der Waals surface area contributed by atoms with Gasteiger partial charge in [-0.15, -0.1) is 5.10 Å². The summed E-state index contributed by atoms with van der Waals surface area (Å²) in [4.78, 5) is 50.0. The summed E-state index contributed by atoms with van der Waals surface area (Å²) in [5.74, 6) is 7.57. The lowest BCUT2D eigenvalue weighted by atomic mass is 10.1. The maximum absolute atomic E-state index is 4.81. The zero-order valence-corrected chi connectivity index (χ0v) is 60.9. The van der Waals surface area contributed by atoms with Crippen molar-refractivity contribution in [2.24, 2.45) is 14.1 Å². The first-order valence-corrected chi connectivity index (χ1v) is 36.6. The molecule has 20 rings (SSSR count). The van der Waals surface area contributed by atoms with E-state index in [1.165, 1.54) is 44.5 Å². The minimum Gasteiger partial charge on any atom is -0.363 e. The van der Waals surface area contributed by atoms with Gasteiger partial charge in [-0.25, -0.2) is 0 Å². The quantitative estimate of drug-likeness (QED) is 0.0403. The molecule has 0 saturated heterocycles. The van der Waals surface area contributed by atoms with Gasteiger partial charge >= 0.3 is 0 Å². The van der Waals surface area contributed by atoms with Crippen molar-refractivity contribution in [1.82, 2.24) is 105 Å². The maximum atomic E-state index is 4.81. The number of aromatic amines is 5. The summed E-state index contributed by atoms with van der Waals surface area (Å²) in [6.07, 6.45) is 19.8. The number of hydrogen-bond donors (Lipinski definition) is 13. The van der Waals surface area contributed by atoms with Crippen LogP contribution in [0.15, 0.2) is 171 Å². The van der Waals surface area contributed by atoms with Crippen LogP contribution in [-0.2, 0) is 39.8 Å². The number of fused-ring (bicyclic) bond motifs is 8. The average molecular weight is 1440 g/mol. The van der Waals surface area contributed by atoms with Gasteiger partial charge in [-0.1, -0.05) is 102 Å². The van der Waals surface area contributed by atoms with E-state index in [0.717, 1.165) is 147 Å². The van der Waals surface area contributed by atoms with Gasteiger partial charge in [0.15, 0.2) is 11.6 Å². The number of rotatable bonds is 17. The van der Waals surface area contributed by atoms with Gasteiger partial charge in [-0.2, -0.15) is 55.2 Å². The Morgan fingerprint density at radius 2 is 0.833 bits per heavy atom. The molecule has 544 valence electrons. The van der Waals surface area contributed by atoms with Gasteiger partial charge in [0.2, 0.25) is 23.8 Å². The van der Waals surface area contributed by atoms with E-state index in [1.807, 2.05) is 100 Å². The predicted octanol–water partition coefficient (Wildman–Crippen LogP) is 15.5. The van der Waals surface area contributed by atoms with Crippen molar-refractivity contribution in [1.29, 1.82) is 0 Å². The SMILES string of the molecule is Cc1c(Nc2nc(N[C@H]3CCc4ccccc43)c3cc[nH]c3n2)cnn1C(C)C.Cc1cc(Nc2nc(N[C@H]3CCc4ccccc43)c3cc[nH]c3n2)n(C)n1.Cc1cc(Nc2nc(N[C@H]3CCc4ccccc43)c3cc[nH]c3n2)n[nH]1.Cn1cc(Nc2nc(N[C@H]3CCc4ccccc43)c3cc[nH]c3n2)nn1. The molecule has 4 aromatic carbocycles. The summed E-state index contributed by atoms with van der Waals surface area (Å²) in [6.45, 7) is 10.2. The lowest BCUT2D eigenvalue weighted by Gasteiger charge is -2.16. The monoisotopic (exact) mass is 1440 g/mol. The molecule has 0 amide bonds. The van der Waals surface area contributed by atoms with Crippen LogP contribution in [0.4, 0.5) is 70.2 Å². The molecule has 0 radical (unpaired) electrons. The van der Waals surface area contributed by atoms with E-state index in [-0.39, 0.29) is 24.2 Å². The molecule has 0 spiro atoms. The van der Waals surface area contributed by atoms with Crippen LogP contribution in [-0.4, -0.2) is 105 Å². The molecule has 16 aromatic rings. The third-order valence-corrected chi connectivity index (χ3v) is 20.2. The molecule has 13 N–H and O–H groups in total. The molecule has 4 aliphatic rings. The van der Waals surface area contributed by atoms with Crippen LogP contribution in [0.1, 0.15) is 131 Å². The van der Waals surface area contributed by atoms with Gasteiger partial charge in [0.1, 0.15) is 51.7 Å². The molecule has 4 aliphatic carbocycles. The minimum atomic E-state index is 0.253. The Hall–Kier alpha value is -13.5. The van der Waals surface area contributed by atoms with Crippen molar-refractivity contribution >= 4 is 114 Å². The van der Waals surface area contributed by atoms with Crippen LogP contribution in [0.2, 0.25) is 0 Å². The van der Waals surface area contributed by atoms with Crippen LogP contribution in [0.3, 0.4) is 0 Å². The molecule has 0 fully saturated rings. The van der Waals surface area contributed by atoms with Crippen LogP contribution < -0.4 is 42.5 Å². The Morgan fingerprint density at radius 1 is 0.444 bits per heavy atom. The topological polar surface area (TPSA) is 358 Å². The number of hydrogen-bond acceptors (Lipinski definition) is 21. The molecule has 29 nitrogen and oxygen atoms in total. The van der Waals surface area contributed by atoms with E-state index >= 15 is 0 Å². The molecule has 12 heterocycles. The van der Waals surface area contributed by atoms with Gasteiger partial charge in [0, 0.05) is 62.8 Å². The molecule has 108 heavy (non-hydrogen) atoms. The first-order chi connectivity index (χ1) is 52.8. The van der Waals surface area contributed by atoms with Gasteiger partial charge in [-0.05, 0) is 155 Å². The third kappa shape index (κ3) is 14.2. The highest BCUT2D eigenvalue weighted by atomic mass is 15.4. The Bertz CT molecular complexity index is 5710. The van der Waals surface area contributed by atoms with E-state index in [2.05, 4.69) is 236 Å². The van der Waals surface area contributed by atoms with E-state index in [4.69, 9.17) is 15.0 Å². The average Bonchev–Trinajstić information content (AvgIpc) is 1.64. The van der Waals surface area contributed by atoms with Crippen LogP contribution in [0, 0.1) is 20.8 Å². The Kier molecular flexibility index (Phi) is 18.3. The van der Waals surface area contributed by atoms with Crippen molar-refractivity contribution in [3.63, 3.8) is 0 Å².